The van der Waals surface area contributed by atoms with Gasteiger partial charge in [-0.1, -0.05) is 78.9 Å². The first-order valence-electron chi connectivity index (χ1n) is 14.2. The fourth-order valence-corrected chi connectivity index (χ4v) is 7.57. The lowest BCUT2D eigenvalue weighted by Gasteiger charge is -2.28. The van der Waals surface area contributed by atoms with E-state index in [-0.39, 0.29) is 0 Å². The van der Waals surface area contributed by atoms with Crippen LogP contribution in [0.3, 0.4) is 0 Å². The lowest BCUT2D eigenvalue weighted by atomic mass is 10.1. The molecule has 0 bridgehead atoms. The molecule has 9 aromatic rings. The van der Waals surface area contributed by atoms with Crippen molar-refractivity contribution < 1.29 is 0 Å². The molecule has 0 unspecified atom stereocenters. The SMILES string of the molecule is c1ccc(N(c2ccccc2)n2c3cc4ccn(-c5ccccc5)c4cc3c3ccc4sc5ccccc5c4c32)cc1. The summed E-state index contributed by atoms with van der Waals surface area (Å²) in [6.45, 7) is 0. The van der Waals surface area contributed by atoms with Crippen LogP contribution < -0.4 is 5.01 Å². The molecule has 3 heterocycles. The van der Waals surface area contributed by atoms with Crippen molar-refractivity contribution in [2.45, 2.75) is 0 Å². The molecule has 9 rings (SSSR count). The molecular formula is C38H25N3S. The normalized spacial score (nSPS) is 11.8. The lowest BCUT2D eigenvalue weighted by Crippen LogP contribution is -2.24. The molecule has 3 aromatic heterocycles. The molecule has 0 N–H and O–H groups in total. The van der Waals surface area contributed by atoms with Crippen molar-refractivity contribution in [2.75, 3.05) is 5.01 Å². The van der Waals surface area contributed by atoms with Crippen LogP contribution in [0.1, 0.15) is 0 Å². The van der Waals surface area contributed by atoms with Crippen molar-refractivity contribution in [3.05, 3.63) is 152 Å². The summed E-state index contributed by atoms with van der Waals surface area (Å²) in [5.74, 6) is 0. The van der Waals surface area contributed by atoms with E-state index < -0.39 is 0 Å². The highest BCUT2D eigenvalue weighted by molar-refractivity contribution is 7.26. The minimum atomic E-state index is 1.11. The van der Waals surface area contributed by atoms with Crippen LogP contribution in [0.2, 0.25) is 0 Å². The van der Waals surface area contributed by atoms with Gasteiger partial charge in [0.1, 0.15) is 0 Å². The van der Waals surface area contributed by atoms with Gasteiger partial charge in [0, 0.05) is 48.2 Å². The number of nitrogens with zero attached hydrogens (tertiary/aromatic N) is 3. The Morgan fingerprint density at radius 1 is 0.500 bits per heavy atom. The second-order valence-corrected chi connectivity index (χ2v) is 11.8. The second-order valence-electron chi connectivity index (χ2n) is 10.7. The zero-order valence-electron chi connectivity index (χ0n) is 22.7. The van der Waals surface area contributed by atoms with E-state index in [1.54, 1.807) is 0 Å². The summed E-state index contributed by atoms with van der Waals surface area (Å²) >= 11 is 1.87. The topological polar surface area (TPSA) is 13.1 Å². The summed E-state index contributed by atoms with van der Waals surface area (Å²) in [5.41, 5.74) is 7.00. The van der Waals surface area contributed by atoms with Gasteiger partial charge in [-0.15, -0.1) is 11.3 Å². The lowest BCUT2D eigenvalue weighted by molar-refractivity contribution is 0.889. The van der Waals surface area contributed by atoms with Gasteiger partial charge < -0.3 is 4.57 Å². The highest BCUT2D eigenvalue weighted by Crippen LogP contribution is 2.44. The van der Waals surface area contributed by atoms with Crippen LogP contribution in [-0.2, 0) is 0 Å². The smallest absolute Gasteiger partial charge is 0.0809 e. The van der Waals surface area contributed by atoms with Crippen LogP contribution in [0.15, 0.2) is 152 Å². The maximum Gasteiger partial charge on any atom is 0.0809 e. The Morgan fingerprint density at radius 2 is 1.17 bits per heavy atom. The van der Waals surface area contributed by atoms with Gasteiger partial charge in [-0.25, -0.2) is 9.69 Å². The Kier molecular flexibility index (Phi) is 5.07. The molecule has 0 fully saturated rings. The molecule has 42 heavy (non-hydrogen) atoms. The largest absolute Gasteiger partial charge is 0.317 e. The molecule has 0 radical (unpaired) electrons. The highest BCUT2D eigenvalue weighted by atomic mass is 32.1. The molecule has 0 saturated heterocycles. The first-order valence-corrected chi connectivity index (χ1v) is 15.0. The van der Waals surface area contributed by atoms with Gasteiger partial charge in [-0.3, -0.25) is 0 Å². The summed E-state index contributed by atoms with van der Waals surface area (Å²) < 4.78 is 7.36. The third-order valence-electron chi connectivity index (χ3n) is 8.29. The molecule has 0 saturated carbocycles. The fourth-order valence-electron chi connectivity index (χ4n) is 6.46. The van der Waals surface area contributed by atoms with Gasteiger partial charge >= 0.3 is 0 Å². The molecule has 4 heteroatoms. The van der Waals surface area contributed by atoms with E-state index in [1.165, 1.54) is 52.9 Å². The van der Waals surface area contributed by atoms with E-state index in [9.17, 15) is 0 Å². The van der Waals surface area contributed by atoms with Crippen LogP contribution in [0.25, 0.3) is 58.6 Å². The quantitative estimate of drug-likeness (QED) is 0.210. The van der Waals surface area contributed by atoms with Crippen molar-refractivity contribution in [3.63, 3.8) is 0 Å². The maximum absolute atomic E-state index is 2.45. The predicted octanol–water partition coefficient (Wildman–Crippen LogP) is 10.7. The second kappa shape index (κ2) is 9.10. The molecule has 0 aliphatic carbocycles. The van der Waals surface area contributed by atoms with Gasteiger partial charge in [0.15, 0.2) is 0 Å². The summed E-state index contributed by atoms with van der Waals surface area (Å²) in [4.78, 5) is 0. The average Bonchev–Trinajstić information content (AvgIpc) is 3.73. The van der Waals surface area contributed by atoms with Gasteiger partial charge in [0.25, 0.3) is 0 Å². The Labute approximate surface area is 246 Å². The molecule has 0 aliphatic rings. The third-order valence-corrected chi connectivity index (χ3v) is 9.43. The number of hydrogen-bond donors (Lipinski definition) is 0. The van der Waals surface area contributed by atoms with Gasteiger partial charge in [0.05, 0.1) is 27.9 Å². The zero-order chi connectivity index (χ0) is 27.6. The molecule has 0 aliphatic heterocycles. The van der Waals surface area contributed by atoms with Crippen molar-refractivity contribution in [3.8, 4) is 5.69 Å². The minimum absolute atomic E-state index is 1.11. The molecule has 198 valence electrons. The number of thiophene rings is 1. The van der Waals surface area contributed by atoms with E-state index in [1.807, 2.05) is 11.3 Å². The van der Waals surface area contributed by atoms with E-state index >= 15 is 0 Å². The number of para-hydroxylation sites is 3. The summed E-state index contributed by atoms with van der Waals surface area (Å²) in [6.07, 6.45) is 2.18. The van der Waals surface area contributed by atoms with Crippen LogP contribution in [0.5, 0.6) is 0 Å². The number of aromatic nitrogens is 2. The van der Waals surface area contributed by atoms with Crippen molar-refractivity contribution in [1.29, 1.82) is 0 Å². The first-order chi connectivity index (χ1) is 20.8. The molecule has 0 spiro atoms. The fraction of sp³-hybridized carbons (Fsp3) is 0. The van der Waals surface area contributed by atoms with Crippen LogP contribution in [-0.4, -0.2) is 9.24 Å². The first kappa shape index (κ1) is 23.4. The van der Waals surface area contributed by atoms with E-state index in [0.717, 1.165) is 17.1 Å². The molecule has 0 amide bonds. The third kappa shape index (κ3) is 3.39. The molecular weight excluding hydrogens is 531 g/mol. The Hall–Kier alpha value is -5.32. The van der Waals surface area contributed by atoms with Gasteiger partial charge in [-0.2, -0.15) is 0 Å². The number of hydrogen-bond acceptors (Lipinski definition) is 2. The summed E-state index contributed by atoms with van der Waals surface area (Å²) in [6, 6.07) is 52.4. The Bertz CT molecular complexity index is 2360. The summed E-state index contributed by atoms with van der Waals surface area (Å²) in [5, 5.41) is 8.67. The maximum atomic E-state index is 2.45. The Morgan fingerprint density at radius 3 is 1.90 bits per heavy atom. The van der Waals surface area contributed by atoms with Crippen LogP contribution >= 0.6 is 11.3 Å². The number of anilines is 2. The van der Waals surface area contributed by atoms with Crippen molar-refractivity contribution in [2.24, 2.45) is 0 Å². The van der Waals surface area contributed by atoms with E-state index in [4.69, 9.17) is 0 Å². The predicted molar refractivity (Wildman–Crippen MR) is 180 cm³/mol. The molecule has 3 nitrogen and oxygen atoms in total. The Balaban J connectivity index is 1.48. The molecule has 6 aromatic carbocycles. The van der Waals surface area contributed by atoms with Gasteiger partial charge in [0.2, 0.25) is 0 Å². The van der Waals surface area contributed by atoms with Crippen molar-refractivity contribution in [1.82, 2.24) is 9.24 Å². The van der Waals surface area contributed by atoms with Gasteiger partial charge in [-0.05, 0) is 66.7 Å². The average molecular weight is 556 g/mol. The monoisotopic (exact) mass is 555 g/mol. The van der Waals surface area contributed by atoms with E-state index in [2.05, 4.69) is 166 Å². The molecule has 0 atom stereocenters. The standard InChI is InChI=1S/C38H25N3S/c1-4-12-27(13-5-1)39-23-22-26-24-34-32(25-33(26)39)30-20-21-36-37(31-18-10-11-19-35(31)42-36)38(30)41(34)40(28-14-6-2-7-15-28)29-16-8-3-9-17-29/h1-25H. The van der Waals surface area contributed by atoms with Crippen LogP contribution in [0, 0.1) is 0 Å². The van der Waals surface area contributed by atoms with Crippen LogP contribution in [0.4, 0.5) is 11.4 Å². The van der Waals surface area contributed by atoms with Crippen molar-refractivity contribution >= 4 is 75.6 Å². The highest BCUT2D eigenvalue weighted by Gasteiger charge is 2.23. The summed E-state index contributed by atoms with van der Waals surface area (Å²) in [7, 11) is 0. The number of fused-ring (bicyclic) bond motifs is 8. The zero-order valence-corrected chi connectivity index (χ0v) is 23.5. The van der Waals surface area contributed by atoms with E-state index in [0.29, 0.717) is 0 Å². The number of benzene rings is 6. The number of rotatable bonds is 4. The minimum Gasteiger partial charge on any atom is -0.317 e.